The van der Waals surface area contributed by atoms with Crippen LogP contribution in [0.2, 0.25) is 0 Å². The van der Waals surface area contributed by atoms with E-state index in [9.17, 15) is 9.59 Å². The van der Waals surface area contributed by atoms with Crippen LogP contribution in [0.3, 0.4) is 0 Å². The maximum Gasteiger partial charge on any atom is 0.255 e. The number of rotatable bonds is 7. The zero-order valence-corrected chi connectivity index (χ0v) is 15.5. The predicted molar refractivity (Wildman–Crippen MR) is 106 cm³/mol. The molecule has 2 N–H and O–H groups in total. The van der Waals surface area contributed by atoms with Crippen LogP contribution in [0.25, 0.3) is 0 Å². The van der Waals surface area contributed by atoms with Crippen LogP contribution < -0.4 is 20.3 Å². The summed E-state index contributed by atoms with van der Waals surface area (Å²) in [4.78, 5) is 26.8. The highest BCUT2D eigenvalue weighted by Gasteiger charge is 2.14. The number of hydrogen-bond donors (Lipinski definition) is 2. The van der Waals surface area contributed by atoms with Crippen molar-refractivity contribution < 1.29 is 14.3 Å². The monoisotopic (exact) mass is 367 g/mol. The molecule has 3 rings (SSSR count). The summed E-state index contributed by atoms with van der Waals surface area (Å²) in [6.07, 6.45) is 2.45. The minimum Gasteiger partial charge on any atom is -0.493 e. The normalized spacial score (nSPS) is 13.3. The van der Waals surface area contributed by atoms with Gasteiger partial charge in [-0.2, -0.15) is 0 Å². The van der Waals surface area contributed by atoms with Crippen LogP contribution in [0.15, 0.2) is 48.5 Å². The zero-order valence-electron chi connectivity index (χ0n) is 15.5. The minimum absolute atomic E-state index is 0.104. The van der Waals surface area contributed by atoms with Crippen LogP contribution in [0, 0.1) is 0 Å². The lowest BCUT2D eigenvalue weighted by Crippen LogP contribution is -2.33. The van der Waals surface area contributed by atoms with E-state index in [0.29, 0.717) is 23.6 Å². The number of carbonyl (C=O) groups is 2. The molecule has 1 saturated heterocycles. The van der Waals surface area contributed by atoms with Crippen LogP contribution in [0.4, 0.5) is 11.4 Å². The maximum atomic E-state index is 12.3. The molecule has 2 aromatic rings. The molecule has 2 aromatic carbocycles. The Bertz CT molecular complexity index is 784. The zero-order chi connectivity index (χ0) is 19.1. The van der Waals surface area contributed by atoms with Crippen molar-refractivity contribution in [3.63, 3.8) is 0 Å². The van der Waals surface area contributed by atoms with E-state index < -0.39 is 0 Å². The number of benzene rings is 2. The van der Waals surface area contributed by atoms with Crippen LogP contribution in [-0.4, -0.2) is 38.1 Å². The second-order valence-electron chi connectivity index (χ2n) is 6.40. The summed E-state index contributed by atoms with van der Waals surface area (Å²) in [5.41, 5.74) is 2.31. The van der Waals surface area contributed by atoms with E-state index in [-0.39, 0.29) is 18.4 Å². The fourth-order valence-electron chi connectivity index (χ4n) is 3.13. The molecule has 1 heterocycles. The smallest absolute Gasteiger partial charge is 0.255 e. The van der Waals surface area contributed by atoms with Crippen molar-refractivity contribution in [3.8, 4) is 5.75 Å². The lowest BCUT2D eigenvalue weighted by atomic mass is 10.2. The van der Waals surface area contributed by atoms with Gasteiger partial charge in [-0.3, -0.25) is 9.59 Å². The van der Waals surface area contributed by atoms with E-state index in [1.807, 2.05) is 31.2 Å². The fraction of sp³-hybridized carbons (Fsp3) is 0.333. The van der Waals surface area contributed by atoms with Crippen LogP contribution in [0.1, 0.15) is 30.1 Å². The summed E-state index contributed by atoms with van der Waals surface area (Å²) in [7, 11) is 0. The first-order chi connectivity index (χ1) is 13.2. The van der Waals surface area contributed by atoms with Gasteiger partial charge >= 0.3 is 0 Å². The molecule has 0 radical (unpaired) electrons. The Hall–Kier alpha value is -3.02. The molecule has 1 fully saturated rings. The van der Waals surface area contributed by atoms with Gasteiger partial charge in [-0.25, -0.2) is 0 Å². The average Bonchev–Trinajstić information content (AvgIpc) is 3.22. The van der Waals surface area contributed by atoms with Crippen molar-refractivity contribution in [2.24, 2.45) is 0 Å². The highest BCUT2D eigenvalue weighted by molar-refractivity contribution is 6.00. The van der Waals surface area contributed by atoms with Crippen molar-refractivity contribution in [2.75, 3.05) is 36.5 Å². The highest BCUT2D eigenvalue weighted by Crippen LogP contribution is 2.22. The van der Waals surface area contributed by atoms with Crippen molar-refractivity contribution in [1.82, 2.24) is 5.32 Å². The molecule has 0 bridgehead atoms. The highest BCUT2D eigenvalue weighted by atomic mass is 16.5. The Balaban J connectivity index is 1.51. The maximum absolute atomic E-state index is 12.3. The summed E-state index contributed by atoms with van der Waals surface area (Å²) in [6.45, 7) is 4.39. The van der Waals surface area contributed by atoms with Gasteiger partial charge < -0.3 is 20.3 Å². The molecule has 1 aliphatic heterocycles. The van der Waals surface area contributed by atoms with Crippen molar-refractivity contribution in [3.05, 3.63) is 54.1 Å². The van der Waals surface area contributed by atoms with Crippen molar-refractivity contribution >= 4 is 23.2 Å². The molecule has 0 aliphatic carbocycles. The summed E-state index contributed by atoms with van der Waals surface area (Å²) in [6, 6.07) is 14.8. The third-order valence-corrected chi connectivity index (χ3v) is 4.46. The van der Waals surface area contributed by atoms with E-state index in [2.05, 4.69) is 15.5 Å². The van der Waals surface area contributed by atoms with Crippen molar-refractivity contribution in [1.29, 1.82) is 0 Å². The number of anilines is 2. The number of hydrogen-bond acceptors (Lipinski definition) is 4. The van der Waals surface area contributed by atoms with Gasteiger partial charge in [0.2, 0.25) is 5.91 Å². The first kappa shape index (κ1) is 18.8. The number of carbonyl (C=O) groups excluding carboxylic acids is 2. The standard InChI is InChI=1S/C21H25N3O3/c1-2-27-19-8-4-3-7-18(19)21(26)22-15-20(25)23-16-9-11-17(12-10-16)24-13-5-6-14-24/h3-4,7-12H,2,5-6,13-15H2,1H3,(H,22,26)(H,23,25). The number of amides is 2. The molecule has 0 aromatic heterocycles. The van der Waals surface area contributed by atoms with E-state index in [1.165, 1.54) is 18.5 Å². The molecular weight excluding hydrogens is 342 g/mol. The van der Waals surface area contributed by atoms with Gasteiger partial charge in [0.1, 0.15) is 5.75 Å². The van der Waals surface area contributed by atoms with E-state index in [1.54, 1.807) is 24.3 Å². The largest absolute Gasteiger partial charge is 0.493 e. The lowest BCUT2D eigenvalue weighted by Gasteiger charge is -2.17. The van der Waals surface area contributed by atoms with E-state index >= 15 is 0 Å². The van der Waals surface area contributed by atoms with Gasteiger partial charge in [-0.05, 0) is 56.2 Å². The van der Waals surface area contributed by atoms with Gasteiger partial charge in [-0.15, -0.1) is 0 Å². The molecule has 0 unspecified atom stereocenters. The number of ether oxygens (including phenoxy) is 1. The third-order valence-electron chi connectivity index (χ3n) is 4.46. The van der Waals surface area contributed by atoms with E-state index in [4.69, 9.17) is 4.74 Å². The molecule has 6 heteroatoms. The Kier molecular flexibility index (Phi) is 6.30. The van der Waals surface area contributed by atoms with Gasteiger partial charge in [0.05, 0.1) is 18.7 Å². The first-order valence-electron chi connectivity index (χ1n) is 9.32. The van der Waals surface area contributed by atoms with E-state index in [0.717, 1.165) is 13.1 Å². The summed E-state index contributed by atoms with van der Waals surface area (Å²) in [5, 5.41) is 5.44. The summed E-state index contributed by atoms with van der Waals surface area (Å²) < 4.78 is 5.45. The first-order valence-corrected chi connectivity index (χ1v) is 9.32. The second-order valence-corrected chi connectivity index (χ2v) is 6.40. The van der Waals surface area contributed by atoms with Crippen LogP contribution in [0.5, 0.6) is 5.75 Å². The Morgan fingerprint density at radius 1 is 1.04 bits per heavy atom. The van der Waals surface area contributed by atoms with Gasteiger partial charge in [0.15, 0.2) is 0 Å². The Morgan fingerprint density at radius 3 is 2.44 bits per heavy atom. The molecule has 6 nitrogen and oxygen atoms in total. The summed E-state index contributed by atoms with van der Waals surface area (Å²) >= 11 is 0. The quantitative estimate of drug-likeness (QED) is 0.789. The molecular formula is C21H25N3O3. The third kappa shape index (κ3) is 5.00. The van der Waals surface area contributed by atoms with Gasteiger partial charge in [0.25, 0.3) is 5.91 Å². The molecule has 142 valence electrons. The topological polar surface area (TPSA) is 70.7 Å². The lowest BCUT2D eigenvalue weighted by molar-refractivity contribution is -0.115. The van der Waals surface area contributed by atoms with Crippen molar-refractivity contribution in [2.45, 2.75) is 19.8 Å². The van der Waals surface area contributed by atoms with Crippen LogP contribution in [-0.2, 0) is 4.79 Å². The Labute approximate surface area is 159 Å². The molecule has 0 saturated carbocycles. The summed E-state index contributed by atoms with van der Waals surface area (Å²) in [5.74, 6) is -0.0971. The molecule has 2 amide bonds. The van der Waals surface area contributed by atoms with Gasteiger partial charge in [0, 0.05) is 24.5 Å². The molecule has 0 spiro atoms. The Morgan fingerprint density at radius 2 is 1.74 bits per heavy atom. The minimum atomic E-state index is -0.335. The average molecular weight is 367 g/mol. The van der Waals surface area contributed by atoms with Gasteiger partial charge in [-0.1, -0.05) is 12.1 Å². The number of nitrogens with zero attached hydrogens (tertiary/aromatic N) is 1. The fourth-order valence-corrected chi connectivity index (χ4v) is 3.13. The van der Waals surface area contributed by atoms with Crippen LogP contribution >= 0.6 is 0 Å². The second kappa shape index (κ2) is 9.07. The predicted octanol–water partition coefficient (Wildman–Crippen LogP) is 3.05. The molecule has 1 aliphatic rings. The number of para-hydroxylation sites is 1. The molecule has 27 heavy (non-hydrogen) atoms. The number of nitrogens with one attached hydrogen (secondary N) is 2. The molecule has 0 atom stereocenters. The SMILES string of the molecule is CCOc1ccccc1C(=O)NCC(=O)Nc1ccc(N2CCCC2)cc1.